The minimum absolute atomic E-state index is 0.0569. The van der Waals surface area contributed by atoms with E-state index in [1.165, 1.54) is 11.3 Å². The number of carbonyl (C=O) groups excluding carboxylic acids is 2. The minimum Gasteiger partial charge on any atom is -0.459 e. The van der Waals surface area contributed by atoms with E-state index in [4.69, 9.17) is 9.15 Å². The van der Waals surface area contributed by atoms with Crippen molar-refractivity contribution in [2.45, 2.75) is 46.6 Å². The molecule has 174 valence electrons. The Hall–Kier alpha value is -2.97. The molecule has 1 aliphatic rings. The van der Waals surface area contributed by atoms with E-state index < -0.39 is 0 Å². The molecule has 4 rings (SSSR count). The van der Waals surface area contributed by atoms with Crippen LogP contribution in [0.3, 0.4) is 0 Å². The molecular weight excluding hydrogens is 438 g/mol. The lowest BCUT2D eigenvalue weighted by atomic mass is 10.1. The molecule has 3 heterocycles. The van der Waals surface area contributed by atoms with Crippen molar-refractivity contribution < 1.29 is 18.7 Å². The maximum Gasteiger partial charge on any atom is 0.266 e. The molecule has 0 bridgehead atoms. The lowest BCUT2D eigenvalue weighted by molar-refractivity contribution is -0.117. The summed E-state index contributed by atoms with van der Waals surface area (Å²) in [5.74, 6) is 0.970. The van der Waals surface area contributed by atoms with E-state index in [-0.39, 0.29) is 24.5 Å². The molecule has 1 aromatic carbocycles. The van der Waals surface area contributed by atoms with Crippen molar-refractivity contribution in [2.24, 2.45) is 0 Å². The molecule has 1 atom stereocenters. The fourth-order valence-electron chi connectivity index (χ4n) is 3.90. The van der Waals surface area contributed by atoms with E-state index in [1.807, 2.05) is 58.0 Å². The second kappa shape index (κ2) is 9.89. The van der Waals surface area contributed by atoms with Crippen molar-refractivity contribution in [3.05, 3.63) is 57.8 Å². The number of anilines is 1. The molecule has 1 saturated heterocycles. The number of benzene rings is 1. The van der Waals surface area contributed by atoms with Crippen molar-refractivity contribution in [1.82, 2.24) is 9.88 Å². The third kappa shape index (κ3) is 5.34. The Bertz CT molecular complexity index is 1160. The maximum atomic E-state index is 13.5. The van der Waals surface area contributed by atoms with Gasteiger partial charge >= 0.3 is 0 Å². The number of thiazole rings is 1. The van der Waals surface area contributed by atoms with Crippen molar-refractivity contribution in [1.29, 1.82) is 0 Å². The Balaban J connectivity index is 1.55. The summed E-state index contributed by atoms with van der Waals surface area (Å²) < 4.78 is 11.4. The zero-order valence-electron chi connectivity index (χ0n) is 19.4. The summed E-state index contributed by atoms with van der Waals surface area (Å²) in [6.07, 6.45) is 1.77. The lowest BCUT2D eigenvalue weighted by Crippen LogP contribution is -2.42. The number of ether oxygens (including phenoxy) is 1. The van der Waals surface area contributed by atoms with Crippen molar-refractivity contribution >= 4 is 28.8 Å². The SMILES string of the molecule is Cc1ccc(-c2nc(C)c(C(=O)N(CC(=O)Nc3cccc(C)c3C)CC3CCCO3)s2)o1. The first-order valence-electron chi connectivity index (χ1n) is 11.1. The van der Waals surface area contributed by atoms with Gasteiger partial charge in [-0.25, -0.2) is 4.98 Å². The number of hydrogen-bond acceptors (Lipinski definition) is 6. The van der Waals surface area contributed by atoms with E-state index in [9.17, 15) is 9.59 Å². The number of rotatable bonds is 7. The average molecular weight is 468 g/mol. The van der Waals surface area contributed by atoms with Crippen LogP contribution in [0.2, 0.25) is 0 Å². The molecule has 0 radical (unpaired) electrons. The molecule has 1 unspecified atom stereocenters. The highest BCUT2D eigenvalue weighted by molar-refractivity contribution is 7.17. The van der Waals surface area contributed by atoms with Crippen LogP contribution < -0.4 is 5.32 Å². The van der Waals surface area contributed by atoms with Crippen LogP contribution in [-0.4, -0.2) is 47.5 Å². The first-order chi connectivity index (χ1) is 15.8. The van der Waals surface area contributed by atoms with Crippen molar-refractivity contribution in [3.63, 3.8) is 0 Å². The fraction of sp³-hybridized carbons (Fsp3) is 0.400. The smallest absolute Gasteiger partial charge is 0.266 e. The number of hydrogen-bond donors (Lipinski definition) is 1. The third-order valence-electron chi connectivity index (χ3n) is 5.89. The second-order valence-corrected chi connectivity index (χ2v) is 9.46. The van der Waals surface area contributed by atoms with Crippen LogP contribution in [0.5, 0.6) is 0 Å². The van der Waals surface area contributed by atoms with Crippen LogP contribution in [0.25, 0.3) is 10.8 Å². The molecule has 1 aliphatic heterocycles. The number of nitrogens with zero attached hydrogens (tertiary/aromatic N) is 2. The molecule has 2 aromatic heterocycles. The predicted molar refractivity (Wildman–Crippen MR) is 129 cm³/mol. The molecule has 1 N–H and O–H groups in total. The summed E-state index contributed by atoms with van der Waals surface area (Å²) >= 11 is 1.29. The first kappa shape index (κ1) is 23.2. The van der Waals surface area contributed by atoms with E-state index in [2.05, 4.69) is 10.3 Å². The third-order valence-corrected chi connectivity index (χ3v) is 7.05. The molecular formula is C25H29N3O4S. The molecule has 8 heteroatoms. The Labute approximate surface area is 197 Å². The number of aromatic nitrogens is 1. The molecule has 1 fully saturated rings. The molecule has 2 amide bonds. The monoisotopic (exact) mass is 467 g/mol. The topological polar surface area (TPSA) is 84.7 Å². The van der Waals surface area contributed by atoms with Crippen LogP contribution in [0, 0.1) is 27.7 Å². The second-order valence-electron chi connectivity index (χ2n) is 8.46. The van der Waals surface area contributed by atoms with Crippen molar-refractivity contribution in [2.75, 3.05) is 25.0 Å². The lowest BCUT2D eigenvalue weighted by Gasteiger charge is -2.25. The number of carbonyl (C=O) groups is 2. The molecule has 33 heavy (non-hydrogen) atoms. The first-order valence-corrected chi connectivity index (χ1v) is 11.9. The molecule has 0 spiro atoms. The van der Waals surface area contributed by atoms with Gasteiger partial charge in [-0.1, -0.05) is 12.1 Å². The Morgan fingerprint density at radius 1 is 1.18 bits per heavy atom. The summed E-state index contributed by atoms with van der Waals surface area (Å²) in [5, 5.41) is 3.61. The van der Waals surface area contributed by atoms with Gasteiger partial charge in [0.25, 0.3) is 5.91 Å². The highest BCUT2D eigenvalue weighted by Crippen LogP contribution is 2.30. The summed E-state index contributed by atoms with van der Waals surface area (Å²) in [4.78, 5) is 33.1. The van der Waals surface area contributed by atoms with E-state index in [1.54, 1.807) is 4.90 Å². The van der Waals surface area contributed by atoms with Crippen LogP contribution >= 0.6 is 11.3 Å². The van der Waals surface area contributed by atoms with Gasteiger partial charge in [-0.2, -0.15) is 0 Å². The number of aryl methyl sites for hydroxylation is 3. The quantitative estimate of drug-likeness (QED) is 0.534. The van der Waals surface area contributed by atoms with E-state index in [0.29, 0.717) is 34.5 Å². The highest BCUT2D eigenvalue weighted by Gasteiger charge is 2.28. The van der Waals surface area contributed by atoms with E-state index in [0.717, 1.165) is 35.4 Å². The Morgan fingerprint density at radius 2 is 2.00 bits per heavy atom. The van der Waals surface area contributed by atoms with E-state index >= 15 is 0 Å². The van der Waals surface area contributed by atoms with Gasteiger partial charge in [-0.3, -0.25) is 9.59 Å². The van der Waals surface area contributed by atoms with Crippen LogP contribution in [0.1, 0.15) is 45.1 Å². The summed E-state index contributed by atoms with van der Waals surface area (Å²) in [5.41, 5.74) is 3.50. The van der Waals surface area contributed by atoms with Gasteiger partial charge in [0.2, 0.25) is 5.91 Å². The van der Waals surface area contributed by atoms with Gasteiger partial charge in [0.15, 0.2) is 10.8 Å². The number of amides is 2. The molecule has 0 aliphatic carbocycles. The maximum absolute atomic E-state index is 13.5. The Morgan fingerprint density at radius 3 is 2.70 bits per heavy atom. The number of nitrogens with one attached hydrogen (secondary N) is 1. The highest BCUT2D eigenvalue weighted by atomic mass is 32.1. The van der Waals surface area contributed by atoms with Crippen LogP contribution in [-0.2, 0) is 9.53 Å². The normalized spacial score (nSPS) is 15.6. The zero-order chi connectivity index (χ0) is 23.5. The molecule has 3 aromatic rings. The van der Waals surface area contributed by atoms with Gasteiger partial charge < -0.3 is 19.4 Å². The summed E-state index contributed by atoms with van der Waals surface area (Å²) in [7, 11) is 0. The summed E-state index contributed by atoms with van der Waals surface area (Å²) in [6.45, 7) is 8.65. The largest absolute Gasteiger partial charge is 0.459 e. The standard InChI is InChI=1S/C25H29N3O4S/c1-15-7-5-9-20(17(15)3)27-22(29)14-28(13-19-8-6-12-31-19)25(30)23-18(4)26-24(33-23)21-11-10-16(2)32-21/h5,7,9-11,19H,6,8,12-14H2,1-4H3,(H,27,29). The molecule has 7 nitrogen and oxygen atoms in total. The van der Waals surface area contributed by atoms with Crippen LogP contribution in [0.15, 0.2) is 34.7 Å². The van der Waals surface area contributed by atoms with Gasteiger partial charge in [-0.05, 0) is 69.9 Å². The van der Waals surface area contributed by atoms with Crippen LogP contribution in [0.4, 0.5) is 5.69 Å². The van der Waals surface area contributed by atoms with Gasteiger partial charge in [0, 0.05) is 18.8 Å². The number of furan rings is 1. The zero-order valence-corrected chi connectivity index (χ0v) is 20.3. The fourth-order valence-corrected chi connectivity index (χ4v) is 4.89. The predicted octanol–water partition coefficient (Wildman–Crippen LogP) is 4.90. The molecule has 0 saturated carbocycles. The average Bonchev–Trinajstić information content (AvgIpc) is 3.52. The van der Waals surface area contributed by atoms with Crippen molar-refractivity contribution in [3.8, 4) is 10.8 Å². The summed E-state index contributed by atoms with van der Waals surface area (Å²) in [6, 6.07) is 9.50. The van der Waals surface area contributed by atoms with Gasteiger partial charge in [0.05, 0.1) is 11.8 Å². The van der Waals surface area contributed by atoms with Gasteiger partial charge in [0.1, 0.15) is 17.2 Å². The minimum atomic E-state index is -0.237. The van der Waals surface area contributed by atoms with Gasteiger partial charge in [-0.15, -0.1) is 11.3 Å². The Kier molecular flexibility index (Phi) is 6.95.